The molecule has 4 aromatic rings. The van der Waals surface area contributed by atoms with Crippen LogP contribution < -0.4 is 10.1 Å². The highest BCUT2D eigenvalue weighted by molar-refractivity contribution is 6.10. The van der Waals surface area contributed by atoms with Crippen LogP contribution in [0.3, 0.4) is 0 Å². The lowest BCUT2D eigenvalue weighted by Gasteiger charge is -2.19. The van der Waals surface area contributed by atoms with Gasteiger partial charge in [0.05, 0.1) is 24.0 Å². The van der Waals surface area contributed by atoms with Gasteiger partial charge in [0.15, 0.2) is 17.4 Å². The van der Waals surface area contributed by atoms with Gasteiger partial charge in [-0.1, -0.05) is 18.2 Å². The minimum Gasteiger partial charge on any atom is -0.491 e. The number of aromatic amines is 1. The number of nitrogens with one attached hydrogen (secondary N) is 2. The van der Waals surface area contributed by atoms with Gasteiger partial charge >= 0.3 is 0 Å². The first kappa shape index (κ1) is 17.1. The largest absolute Gasteiger partial charge is 0.491 e. The molecule has 0 spiro atoms. The maximum Gasteiger partial charge on any atom is 0.190 e. The Morgan fingerprint density at radius 2 is 1.93 bits per heavy atom. The summed E-state index contributed by atoms with van der Waals surface area (Å²) in [6, 6.07) is 10.8. The Morgan fingerprint density at radius 3 is 2.71 bits per heavy atom. The smallest absolute Gasteiger partial charge is 0.190 e. The van der Waals surface area contributed by atoms with Crippen molar-refractivity contribution < 1.29 is 13.5 Å². The number of H-pyrrole nitrogens is 1. The van der Waals surface area contributed by atoms with Crippen LogP contribution in [-0.2, 0) is 19.4 Å². The molecule has 0 saturated heterocycles. The SMILES string of the molecule is COc1c(F)cc(Cc2nc3c(c4c2[nH]c2ccccc24)CCNC3)cc1F. The van der Waals surface area contributed by atoms with Gasteiger partial charge in [0.1, 0.15) is 0 Å². The zero-order valence-corrected chi connectivity index (χ0v) is 15.4. The fraction of sp³-hybridized carbons (Fsp3) is 0.227. The van der Waals surface area contributed by atoms with E-state index in [0.717, 1.165) is 40.8 Å². The minimum atomic E-state index is -0.704. The topological polar surface area (TPSA) is 49.9 Å². The van der Waals surface area contributed by atoms with Gasteiger partial charge in [-0.25, -0.2) is 8.78 Å². The summed E-state index contributed by atoms with van der Waals surface area (Å²) in [5.74, 6) is -1.77. The molecular formula is C22H19F2N3O. The number of pyridine rings is 1. The molecule has 1 aliphatic rings. The molecule has 0 atom stereocenters. The van der Waals surface area contributed by atoms with E-state index in [1.165, 1.54) is 30.2 Å². The van der Waals surface area contributed by atoms with Gasteiger partial charge in [0.25, 0.3) is 0 Å². The van der Waals surface area contributed by atoms with E-state index in [2.05, 4.69) is 16.4 Å². The molecule has 0 saturated carbocycles. The van der Waals surface area contributed by atoms with Gasteiger partial charge in [0.2, 0.25) is 0 Å². The number of nitrogens with zero attached hydrogens (tertiary/aromatic N) is 1. The predicted molar refractivity (Wildman–Crippen MR) is 105 cm³/mol. The van der Waals surface area contributed by atoms with Crippen LogP contribution in [0.4, 0.5) is 8.78 Å². The zero-order valence-electron chi connectivity index (χ0n) is 15.4. The monoisotopic (exact) mass is 379 g/mol. The van der Waals surface area contributed by atoms with E-state index in [9.17, 15) is 8.78 Å². The fourth-order valence-electron chi connectivity index (χ4n) is 4.17. The Bertz CT molecular complexity index is 1190. The van der Waals surface area contributed by atoms with Crippen molar-refractivity contribution in [1.82, 2.24) is 15.3 Å². The quantitative estimate of drug-likeness (QED) is 0.560. The van der Waals surface area contributed by atoms with Crippen LogP contribution in [0, 0.1) is 11.6 Å². The van der Waals surface area contributed by atoms with E-state index in [1.807, 2.05) is 18.2 Å². The van der Waals surface area contributed by atoms with Gasteiger partial charge < -0.3 is 15.0 Å². The number of para-hydroxylation sites is 1. The molecule has 5 rings (SSSR count). The summed E-state index contributed by atoms with van der Waals surface area (Å²) in [5, 5.41) is 5.69. The van der Waals surface area contributed by atoms with E-state index in [-0.39, 0.29) is 5.75 Å². The van der Waals surface area contributed by atoms with Crippen molar-refractivity contribution in [3.8, 4) is 5.75 Å². The molecule has 142 valence electrons. The maximum absolute atomic E-state index is 14.2. The van der Waals surface area contributed by atoms with Gasteiger partial charge in [-0.2, -0.15) is 0 Å². The predicted octanol–water partition coefficient (Wildman–Crippen LogP) is 4.24. The van der Waals surface area contributed by atoms with Crippen molar-refractivity contribution in [3.63, 3.8) is 0 Å². The van der Waals surface area contributed by atoms with Gasteiger partial charge in [-0.05, 0) is 42.3 Å². The molecule has 2 aromatic carbocycles. The van der Waals surface area contributed by atoms with Gasteiger partial charge in [-0.15, -0.1) is 0 Å². The maximum atomic E-state index is 14.2. The number of hydrogen-bond acceptors (Lipinski definition) is 3. The molecule has 6 heteroatoms. The van der Waals surface area contributed by atoms with Crippen LogP contribution in [0.25, 0.3) is 21.8 Å². The second kappa shape index (κ2) is 6.56. The molecule has 3 heterocycles. The normalized spacial score (nSPS) is 13.8. The Morgan fingerprint density at radius 1 is 1.14 bits per heavy atom. The van der Waals surface area contributed by atoms with Crippen LogP contribution in [-0.4, -0.2) is 23.6 Å². The number of fused-ring (bicyclic) bond motifs is 5. The average Bonchev–Trinajstić information content (AvgIpc) is 3.08. The van der Waals surface area contributed by atoms with E-state index in [0.29, 0.717) is 18.5 Å². The first-order chi connectivity index (χ1) is 13.7. The van der Waals surface area contributed by atoms with E-state index < -0.39 is 11.6 Å². The van der Waals surface area contributed by atoms with E-state index >= 15 is 0 Å². The van der Waals surface area contributed by atoms with Crippen molar-refractivity contribution in [2.24, 2.45) is 0 Å². The Balaban J connectivity index is 1.72. The van der Waals surface area contributed by atoms with Crippen LogP contribution in [0.15, 0.2) is 36.4 Å². The molecule has 0 amide bonds. The standard InChI is InChI=1S/C22H19F2N3O/c1-28-22-15(23)8-12(9-16(22)24)10-18-21-20(13-4-2-3-5-17(13)27-21)14-6-7-25-11-19(14)26-18/h2-5,8-9,25,27H,6-7,10-11H2,1H3. The first-order valence-electron chi connectivity index (χ1n) is 9.29. The van der Waals surface area contributed by atoms with E-state index in [4.69, 9.17) is 9.72 Å². The number of ether oxygens (including phenoxy) is 1. The first-order valence-corrected chi connectivity index (χ1v) is 9.29. The van der Waals surface area contributed by atoms with Crippen molar-refractivity contribution in [2.45, 2.75) is 19.4 Å². The van der Waals surface area contributed by atoms with Crippen molar-refractivity contribution >= 4 is 21.8 Å². The number of methoxy groups -OCH3 is 1. The summed E-state index contributed by atoms with van der Waals surface area (Å²) in [4.78, 5) is 8.34. The summed E-state index contributed by atoms with van der Waals surface area (Å²) in [5.41, 5.74) is 5.55. The van der Waals surface area contributed by atoms with Gasteiger partial charge in [-0.3, -0.25) is 4.98 Å². The molecule has 2 N–H and O–H groups in total. The number of hydrogen-bond donors (Lipinski definition) is 2. The Hall–Kier alpha value is -2.99. The molecule has 0 fully saturated rings. The summed E-state index contributed by atoms with van der Waals surface area (Å²) in [7, 11) is 1.26. The summed E-state index contributed by atoms with van der Waals surface area (Å²) >= 11 is 0. The third-order valence-corrected chi connectivity index (χ3v) is 5.39. The molecular weight excluding hydrogens is 360 g/mol. The molecule has 0 bridgehead atoms. The van der Waals surface area contributed by atoms with Crippen molar-refractivity contribution in [2.75, 3.05) is 13.7 Å². The van der Waals surface area contributed by atoms with Crippen LogP contribution in [0.2, 0.25) is 0 Å². The summed E-state index contributed by atoms with van der Waals surface area (Å²) in [6.07, 6.45) is 1.24. The molecule has 0 radical (unpaired) electrons. The lowest BCUT2D eigenvalue weighted by molar-refractivity contribution is 0.359. The zero-order chi connectivity index (χ0) is 19.3. The Kier molecular flexibility index (Phi) is 4.02. The lowest BCUT2D eigenvalue weighted by atomic mass is 9.97. The lowest BCUT2D eigenvalue weighted by Crippen LogP contribution is -2.25. The minimum absolute atomic E-state index is 0.328. The molecule has 4 nitrogen and oxygen atoms in total. The highest BCUT2D eigenvalue weighted by Crippen LogP contribution is 2.34. The fourth-order valence-corrected chi connectivity index (χ4v) is 4.17. The van der Waals surface area contributed by atoms with Crippen LogP contribution in [0.5, 0.6) is 5.75 Å². The molecule has 2 aromatic heterocycles. The number of rotatable bonds is 3. The van der Waals surface area contributed by atoms with Crippen molar-refractivity contribution in [1.29, 1.82) is 0 Å². The molecule has 1 aliphatic heterocycles. The van der Waals surface area contributed by atoms with Crippen LogP contribution >= 0.6 is 0 Å². The number of aromatic nitrogens is 2. The second-order valence-corrected chi connectivity index (χ2v) is 7.10. The summed E-state index contributed by atoms with van der Waals surface area (Å²) < 4.78 is 33.1. The average molecular weight is 379 g/mol. The van der Waals surface area contributed by atoms with E-state index in [1.54, 1.807) is 0 Å². The van der Waals surface area contributed by atoms with Crippen molar-refractivity contribution in [3.05, 3.63) is 70.5 Å². The highest BCUT2D eigenvalue weighted by Gasteiger charge is 2.21. The summed E-state index contributed by atoms with van der Waals surface area (Å²) in [6.45, 7) is 1.61. The molecule has 0 aliphatic carbocycles. The third-order valence-electron chi connectivity index (χ3n) is 5.39. The molecule has 28 heavy (non-hydrogen) atoms. The number of halogens is 2. The van der Waals surface area contributed by atoms with Gasteiger partial charge in [0, 0.05) is 29.3 Å². The van der Waals surface area contributed by atoms with Crippen LogP contribution in [0.1, 0.15) is 22.5 Å². The second-order valence-electron chi connectivity index (χ2n) is 7.10. The third kappa shape index (κ3) is 2.64. The molecule has 0 unspecified atom stereocenters. The Labute approximate surface area is 160 Å². The number of benzene rings is 2. The highest BCUT2D eigenvalue weighted by atomic mass is 19.1.